The number of benzene rings is 1. The largest absolute Gasteiger partial charge is 0.456 e. The summed E-state index contributed by atoms with van der Waals surface area (Å²) < 4.78 is 63.6. The molecular weight excluding hydrogens is 710 g/mol. The third kappa shape index (κ3) is 8.66. The van der Waals surface area contributed by atoms with E-state index in [0.717, 1.165) is 47.9 Å². The number of carbonyl (C=O) groups excluding carboxylic acids is 3. The van der Waals surface area contributed by atoms with Crippen LogP contribution in [-0.2, 0) is 42.8 Å². The molecule has 2 aromatic rings. The predicted molar refractivity (Wildman–Crippen MR) is 176 cm³/mol. The standard InChI is InChI=1S/C34H42F2N4O13/c1-5-6-7-8-24(43)48-16(2)40-23(42)11-12-39(33(40)47)31-25(44)18(15-41)26(50-31)28(29(37)45)51-32-27-21(52-34(3,4)53-27)14-22(49-32)30(46)38-17-9-10-19(35)20(36)13-17/h9-14,16,18,21,25-28,31-32,41,44H,5-8,15H2,1-4H3,(H2,37,45)(H,38,46)/t16?,18-,21-,25+,26-,27-,28+,31+,32+/m0/s1. The Morgan fingerprint density at radius 1 is 1.11 bits per heavy atom. The number of amides is 2. The number of fused-ring (bicyclic) bond motifs is 1. The van der Waals surface area contributed by atoms with Crippen LogP contribution in [0.4, 0.5) is 14.5 Å². The van der Waals surface area contributed by atoms with E-state index < -0.39 is 114 Å². The van der Waals surface area contributed by atoms with Crippen molar-refractivity contribution in [3.05, 3.63) is 74.8 Å². The van der Waals surface area contributed by atoms with Gasteiger partial charge in [0.25, 0.3) is 11.5 Å². The molecule has 5 rings (SSSR count). The van der Waals surface area contributed by atoms with Crippen LogP contribution in [0.3, 0.4) is 0 Å². The number of unbranched alkanes of at least 4 members (excludes halogenated alkanes) is 2. The van der Waals surface area contributed by atoms with Crippen molar-refractivity contribution < 1.29 is 61.8 Å². The average Bonchev–Trinajstić information content (AvgIpc) is 3.58. The summed E-state index contributed by atoms with van der Waals surface area (Å²) in [5, 5.41) is 24.0. The van der Waals surface area contributed by atoms with E-state index >= 15 is 0 Å². The van der Waals surface area contributed by atoms with Gasteiger partial charge in [-0.25, -0.2) is 18.1 Å². The maximum atomic E-state index is 13.8. The minimum Gasteiger partial charge on any atom is -0.456 e. The second kappa shape index (κ2) is 16.2. The van der Waals surface area contributed by atoms with Crippen LogP contribution in [0, 0.1) is 17.6 Å². The summed E-state index contributed by atoms with van der Waals surface area (Å²) in [5.74, 6) is -8.04. The molecule has 5 N–H and O–H groups in total. The van der Waals surface area contributed by atoms with Gasteiger partial charge in [-0.3, -0.25) is 23.7 Å². The van der Waals surface area contributed by atoms with E-state index in [1.807, 2.05) is 6.92 Å². The average molecular weight is 753 g/mol. The van der Waals surface area contributed by atoms with Crippen LogP contribution in [0.15, 0.2) is 51.9 Å². The summed E-state index contributed by atoms with van der Waals surface area (Å²) in [6, 6.07) is 3.66. The van der Waals surface area contributed by atoms with E-state index in [1.165, 1.54) is 13.0 Å². The Kier molecular flexibility index (Phi) is 12.1. The predicted octanol–water partition coefficient (Wildman–Crippen LogP) is 1.07. The summed E-state index contributed by atoms with van der Waals surface area (Å²) in [5.41, 5.74) is 3.78. The van der Waals surface area contributed by atoms with Gasteiger partial charge in [0.15, 0.2) is 47.8 Å². The lowest BCUT2D eigenvalue weighted by molar-refractivity contribution is -0.239. The molecule has 9 atom stereocenters. The molecule has 0 bridgehead atoms. The molecule has 0 radical (unpaired) electrons. The minimum atomic E-state index is -1.83. The van der Waals surface area contributed by atoms with Crippen LogP contribution in [0.2, 0.25) is 0 Å². The van der Waals surface area contributed by atoms with Gasteiger partial charge >= 0.3 is 11.7 Å². The number of nitrogens with two attached hydrogens (primary N) is 1. The quantitative estimate of drug-likeness (QED) is 0.157. The van der Waals surface area contributed by atoms with E-state index in [1.54, 1.807) is 13.8 Å². The van der Waals surface area contributed by atoms with E-state index in [9.17, 15) is 43.0 Å². The zero-order valence-electron chi connectivity index (χ0n) is 29.3. The zero-order chi connectivity index (χ0) is 38.8. The molecule has 53 heavy (non-hydrogen) atoms. The second-order valence-corrected chi connectivity index (χ2v) is 13.2. The highest BCUT2D eigenvalue weighted by Crippen LogP contribution is 2.40. The highest BCUT2D eigenvalue weighted by molar-refractivity contribution is 6.02. The van der Waals surface area contributed by atoms with Gasteiger partial charge in [-0.15, -0.1) is 0 Å². The molecule has 1 aromatic heterocycles. The molecule has 3 aliphatic heterocycles. The Bertz CT molecular complexity index is 1850. The monoisotopic (exact) mass is 752 g/mol. The van der Waals surface area contributed by atoms with Crippen molar-refractivity contribution in [3.63, 3.8) is 0 Å². The van der Waals surface area contributed by atoms with Gasteiger partial charge in [-0.05, 0) is 45.4 Å². The van der Waals surface area contributed by atoms with E-state index in [4.69, 9.17) is 34.2 Å². The zero-order valence-corrected chi connectivity index (χ0v) is 29.3. The number of ether oxygens (including phenoxy) is 6. The number of hydrogen-bond donors (Lipinski definition) is 4. The van der Waals surface area contributed by atoms with Crippen molar-refractivity contribution in [3.8, 4) is 0 Å². The molecule has 0 spiro atoms. The number of carbonyl (C=O) groups is 3. The lowest BCUT2D eigenvalue weighted by Gasteiger charge is -2.34. The Balaban J connectivity index is 1.39. The topological polar surface area (TPSA) is 229 Å². The van der Waals surface area contributed by atoms with Crippen molar-refractivity contribution >= 4 is 23.5 Å². The van der Waals surface area contributed by atoms with Gasteiger partial charge in [0.2, 0.25) is 12.2 Å². The number of aliphatic hydroxyl groups excluding tert-OH is 2. The lowest BCUT2D eigenvalue weighted by Crippen LogP contribution is -2.52. The Morgan fingerprint density at radius 2 is 1.85 bits per heavy atom. The number of aromatic nitrogens is 2. The third-order valence-corrected chi connectivity index (χ3v) is 8.88. The van der Waals surface area contributed by atoms with Crippen molar-refractivity contribution in [2.45, 2.75) is 108 Å². The SMILES string of the molecule is CCCCCC(=O)OC(C)n1c(=O)ccn([C@@H]2O[C@H]([C@@H](O[C@H]3OC(C(=O)Nc4ccc(F)c(F)c4)=C[C@@H]4OC(C)(C)O[C@H]34)C(N)=O)[C@@H](CO)[C@H]2O)c1=O. The number of nitrogens with one attached hydrogen (secondary N) is 1. The maximum Gasteiger partial charge on any atom is 0.336 e. The number of hydrogen-bond acceptors (Lipinski definition) is 13. The van der Waals surface area contributed by atoms with Crippen LogP contribution in [0.1, 0.15) is 65.8 Å². The molecule has 3 aliphatic rings. The maximum absolute atomic E-state index is 13.8. The summed E-state index contributed by atoms with van der Waals surface area (Å²) in [6.45, 7) is 5.61. The van der Waals surface area contributed by atoms with Crippen molar-refractivity contribution in [1.82, 2.24) is 9.13 Å². The van der Waals surface area contributed by atoms with Gasteiger partial charge in [0.1, 0.15) is 18.3 Å². The van der Waals surface area contributed by atoms with Crippen molar-refractivity contribution in [2.24, 2.45) is 11.7 Å². The second-order valence-electron chi connectivity index (χ2n) is 13.2. The highest BCUT2D eigenvalue weighted by Gasteiger charge is 2.54. The molecule has 1 aromatic carbocycles. The van der Waals surface area contributed by atoms with Crippen LogP contribution < -0.4 is 22.3 Å². The minimum absolute atomic E-state index is 0.0733. The van der Waals surface area contributed by atoms with Crippen molar-refractivity contribution in [1.29, 1.82) is 0 Å². The molecule has 290 valence electrons. The molecule has 0 aliphatic carbocycles. The van der Waals surface area contributed by atoms with Gasteiger partial charge in [-0.2, -0.15) is 0 Å². The molecule has 19 heteroatoms. The van der Waals surface area contributed by atoms with Crippen LogP contribution in [0.5, 0.6) is 0 Å². The van der Waals surface area contributed by atoms with E-state index in [2.05, 4.69) is 5.32 Å². The summed E-state index contributed by atoms with van der Waals surface area (Å²) in [6.07, 6.45) is -7.19. The highest BCUT2D eigenvalue weighted by atomic mass is 19.2. The first-order valence-corrected chi connectivity index (χ1v) is 17.0. The molecule has 0 saturated carbocycles. The fraction of sp³-hybridized carbons (Fsp3) is 0.559. The third-order valence-electron chi connectivity index (χ3n) is 8.88. The Labute approximate surface area is 301 Å². The molecule has 1 unspecified atom stereocenters. The molecule has 4 heterocycles. The number of rotatable bonds is 14. The molecule has 17 nitrogen and oxygen atoms in total. The van der Waals surface area contributed by atoms with E-state index in [0.29, 0.717) is 11.0 Å². The number of aliphatic hydroxyl groups is 2. The number of anilines is 1. The Morgan fingerprint density at radius 3 is 2.51 bits per heavy atom. The Hall–Kier alpha value is -4.53. The smallest absolute Gasteiger partial charge is 0.336 e. The number of primary amides is 1. The van der Waals surface area contributed by atoms with Crippen LogP contribution in [-0.4, -0.2) is 86.3 Å². The fourth-order valence-electron chi connectivity index (χ4n) is 6.33. The fourth-order valence-corrected chi connectivity index (χ4v) is 6.33. The van der Waals surface area contributed by atoms with Crippen LogP contribution in [0.25, 0.3) is 0 Å². The molecule has 2 fully saturated rings. The first-order valence-electron chi connectivity index (χ1n) is 17.0. The molecule has 2 amide bonds. The molecular formula is C34H42F2N4O13. The first-order chi connectivity index (χ1) is 25.0. The van der Waals surface area contributed by atoms with Gasteiger partial charge in [0, 0.05) is 36.4 Å². The number of nitrogens with zero attached hydrogens (tertiary/aromatic N) is 2. The number of halogens is 2. The number of esters is 1. The van der Waals surface area contributed by atoms with Gasteiger partial charge < -0.3 is 49.7 Å². The normalized spacial score (nSPS) is 27.2. The van der Waals surface area contributed by atoms with Crippen LogP contribution >= 0.6 is 0 Å². The lowest BCUT2D eigenvalue weighted by atomic mass is 9.94. The summed E-state index contributed by atoms with van der Waals surface area (Å²) in [4.78, 5) is 64.8. The van der Waals surface area contributed by atoms with Gasteiger partial charge in [0.05, 0.1) is 6.61 Å². The van der Waals surface area contributed by atoms with E-state index in [-0.39, 0.29) is 12.1 Å². The summed E-state index contributed by atoms with van der Waals surface area (Å²) in [7, 11) is 0. The van der Waals surface area contributed by atoms with Gasteiger partial charge in [-0.1, -0.05) is 19.8 Å². The van der Waals surface area contributed by atoms with Crippen molar-refractivity contribution in [2.75, 3.05) is 11.9 Å². The molecule has 2 saturated heterocycles. The summed E-state index contributed by atoms with van der Waals surface area (Å²) >= 11 is 0. The first kappa shape index (κ1) is 39.7.